The molecule has 0 saturated heterocycles. The largest absolute Gasteiger partial charge is 0.481 e. The minimum absolute atomic E-state index is 0.0377. The van der Waals surface area contributed by atoms with Crippen molar-refractivity contribution in [1.29, 1.82) is 0 Å². The highest BCUT2D eigenvalue weighted by molar-refractivity contribution is 5.96. The van der Waals surface area contributed by atoms with E-state index in [2.05, 4.69) is 10.6 Å². The van der Waals surface area contributed by atoms with Crippen molar-refractivity contribution in [1.82, 2.24) is 16.0 Å². The summed E-state index contributed by atoms with van der Waals surface area (Å²) in [6, 6.07) is -6.36. The van der Waals surface area contributed by atoms with Crippen LogP contribution in [-0.2, 0) is 33.6 Å². The minimum atomic E-state index is -1.73. The van der Waals surface area contributed by atoms with E-state index in [4.69, 9.17) is 32.5 Å². The van der Waals surface area contributed by atoms with Crippen molar-refractivity contribution in [3.8, 4) is 0 Å². The van der Waals surface area contributed by atoms with Crippen LogP contribution in [0.5, 0.6) is 0 Å². The molecule has 0 rings (SSSR count). The summed E-state index contributed by atoms with van der Waals surface area (Å²) in [6.45, 7) is 0.251. The maximum absolute atomic E-state index is 12.7. The molecule has 0 aromatic carbocycles. The molecule has 34 heavy (non-hydrogen) atoms. The summed E-state index contributed by atoms with van der Waals surface area (Å²) in [7, 11) is 0. The molecule has 0 saturated carbocycles. The van der Waals surface area contributed by atoms with Crippen LogP contribution in [0.1, 0.15) is 38.5 Å². The fourth-order valence-electron chi connectivity index (χ4n) is 2.65. The predicted molar refractivity (Wildman–Crippen MR) is 113 cm³/mol. The average molecular weight is 490 g/mol. The van der Waals surface area contributed by atoms with E-state index in [1.165, 1.54) is 0 Å². The van der Waals surface area contributed by atoms with Gasteiger partial charge in [0.1, 0.15) is 18.1 Å². The molecule has 12 N–H and O–H groups in total. The molecule has 0 heterocycles. The molecule has 0 fully saturated rings. The molecule has 192 valence electrons. The number of unbranched alkanes of at least 4 members (excludes halogenated alkanes) is 1. The van der Waals surface area contributed by atoms with Gasteiger partial charge in [-0.05, 0) is 25.8 Å². The highest BCUT2D eigenvalue weighted by Crippen LogP contribution is 2.05. The van der Waals surface area contributed by atoms with Gasteiger partial charge in [-0.1, -0.05) is 0 Å². The smallest absolute Gasteiger partial charge is 0.326 e. The van der Waals surface area contributed by atoms with Crippen LogP contribution in [0.4, 0.5) is 0 Å². The monoisotopic (exact) mass is 490 g/mol. The summed E-state index contributed by atoms with van der Waals surface area (Å²) in [6.07, 6.45) is -1.72. The standard InChI is InChI=1S/C18H30N6O10/c19-4-2-1-3-9(16(31)24-11(18(33)34)6-12(21)25)22-17(32)10(7-14(28)29)23-15(30)8(20)5-13(26)27/h8-11H,1-7,19-20H2,(H2,21,25)(H,22,32)(H,23,30)(H,24,31)(H,26,27)(H,28,29)(H,33,34). The molecular weight excluding hydrogens is 460 g/mol. The number of carboxylic acid groups (broad SMARTS) is 3. The van der Waals surface area contributed by atoms with Gasteiger partial charge in [-0.3, -0.25) is 28.8 Å². The summed E-state index contributed by atoms with van der Waals surface area (Å²) in [4.78, 5) is 81.5. The molecule has 0 radical (unpaired) electrons. The maximum Gasteiger partial charge on any atom is 0.326 e. The Balaban J connectivity index is 5.56. The quantitative estimate of drug-likeness (QED) is 0.0877. The topological polar surface area (TPSA) is 294 Å². The predicted octanol–water partition coefficient (Wildman–Crippen LogP) is -4.19. The Bertz CT molecular complexity index is 789. The van der Waals surface area contributed by atoms with E-state index in [0.717, 1.165) is 0 Å². The zero-order valence-electron chi connectivity index (χ0n) is 18.2. The van der Waals surface area contributed by atoms with Gasteiger partial charge in [0.15, 0.2) is 0 Å². The molecule has 0 spiro atoms. The number of amides is 4. The number of carbonyl (C=O) groups excluding carboxylic acids is 4. The second-order valence-corrected chi connectivity index (χ2v) is 7.28. The van der Waals surface area contributed by atoms with Crippen LogP contribution < -0.4 is 33.2 Å². The van der Waals surface area contributed by atoms with Gasteiger partial charge in [0.25, 0.3) is 0 Å². The molecule has 0 aromatic heterocycles. The van der Waals surface area contributed by atoms with E-state index in [1.54, 1.807) is 0 Å². The molecular formula is C18H30N6O10. The van der Waals surface area contributed by atoms with Crippen LogP contribution in [0, 0.1) is 0 Å². The number of carboxylic acids is 3. The van der Waals surface area contributed by atoms with Crippen molar-refractivity contribution < 1.29 is 48.9 Å². The Hall–Kier alpha value is -3.79. The number of nitrogens with two attached hydrogens (primary N) is 3. The highest BCUT2D eigenvalue weighted by atomic mass is 16.4. The first-order valence-electron chi connectivity index (χ1n) is 10.1. The summed E-state index contributed by atoms with van der Waals surface area (Å²) in [5.74, 6) is -8.68. The Morgan fingerprint density at radius 3 is 1.65 bits per heavy atom. The first kappa shape index (κ1) is 30.2. The van der Waals surface area contributed by atoms with Crippen molar-refractivity contribution >= 4 is 41.5 Å². The Labute approximate surface area is 193 Å². The van der Waals surface area contributed by atoms with Gasteiger partial charge >= 0.3 is 17.9 Å². The zero-order valence-corrected chi connectivity index (χ0v) is 18.2. The Morgan fingerprint density at radius 2 is 1.18 bits per heavy atom. The molecule has 4 atom stereocenters. The molecule has 0 bridgehead atoms. The molecule has 4 amide bonds. The van der Waals surface area contributed by atoms with Gasteiger partial charge in [-0.2, -0.15) is 0 Å². The van der Waals surface area contributed by atoms with Crippen LogP contribution in [0.15, 0.2) is 0 Å². The molecule has 0 aliphatic heterocycles. The highest BCUT2D eigenvalue weighted by Gasteiger charge is 2.32. The molecule has 0 aromatic rings. The fraction of sp³-hybridized carbons (Fsp3) is 0.611. The summed E-state index contributed by atoms with van der Waals surface area (Å²) < 4.78 is 0. The molecule has 0 aliphatic carbocycles. The lowest BCUT2D eigenvalue weighted by Crippen LogP contribution is -2.57. The Morgan fingerprint density at radius 1 is 0.676 bits per heavy atom. The fourth-order valence-corrected chi connectivity index (χ4v) is 2.65. The number of primary amides is 1. The second-order valence-electron chi connectivity index (χ2n) is 7.28. The zero-order chi connectivity index (χ0) is 26.4. The van der Waals surface area contributed by atoms with Crippen LogP contribution in [-0.4, -0.2) is 87.6 Å². The average Bonchev–Trinajstić information content (AvgIpc) is 2.70. The van der Waals surface area contributed by atoms with E-state index >= 15 is 0 Å². The third-order valence-electron chi connectivity index (χ3n) is 4.34. The first-order valence-corrected chi connectivity index (χ1v) is 10.1. The lowest BCUT2D eigenvalue weighted by molar-refractivity contribution is -0.144. The lowest BCUT2D eigenvalue weighted by Gasteiger charge is -2.24. The van der Waals surface area contributed by atoms with E-state index in [-0.39, 0.29) is 13.0 Å². The second kappa shape index (κ2) is 15.1. The van der Waals surface area contributed by atoms with E-state index in [1.807, 2.05) is 5.32 Å². The van der Waals surface area contributed by atoms with Gasteiger partial charge in [-0.25, -0.2) is 4.79 Å². The number of aliphatic carboxylic acids is 3. The number of rotatable bonds is 17. The molecule has 16 nitrogen and oxygen atoms in total. The number of hydrogen-bond donors (Lipinski definition) is 9. The van der Waals surface area contributed by atoms with E-state index < -0.39 is 85.0 Å². The van der Waals surface area contributed by atoms with Crippen LogP contribution in [0.2, 0.25) is 0 Å². The summed E-state index contributed by atoms with van der Waals surface area (Å²) in [5, 5.41) is 33.2. The maximum atomic E-state index is 12.7. The normalized spacial score (nSPS) is 14.1. The van der Waals surface area contributed by atoms with Gasteiger partial charge in [0, 0.05) is 0 Å². The number of nitrogens with one attached hydrogen (secondary N) is 3. The Kier molecular flexibility index (Phi) is 13.4. The van der Waals surface area contributed by atoms with Crippen molar-refractivity contribution in [2.45, 2.75) is 62.7 Å². The van der Waals surface area contributed by atoms with E-state index in [9.17, 15) is 33.6 Å². The van der Waals surface area contributed by atoms with Crippen LogP contribution in [0.25, 0.3) is 0 Å². The number of hydrogen-bond acceptors (Lipinski definition) is 9. The van der Waals surface area contributed by atoms with Crippen molar-refractivity contribution in [2.75, 3.05) is 6.54 Å². The van der Waals surface area contributed by atoms with Gasteiger partial charge < -0.3 is 48.5 Å². The summed E-state index contributed by atoms with van der Waals surface area (Å²) in [5.41, 5.74) is 15.8. The third kappa shape index (κ3) is 12.3. The van der Waals surface area contributed by atoms with Gasteiger partial charge in [-0.15, -0.1) is 0 Å². The van der Waals surface area contributed by atoms with Crippen molar-refractivity contribution in [3.05, 3.63) is 0 Å². The third-order valence-corrected chi connectivity index (χ3v) is 4.34. The molecule has 0 aliphatic rings. The van der Waals surface area contributed by atoms with Gasteiger partial charge in [0.05, 0.1) is 25.3 Å². The van der Waals surface area contributed by atoms with E-state index in [0.29, 0.717) is 12.8 Å². The lowest BCUT2D eigenvalue weighted by atomic mass is 10.1. The van der Waals surface area contributed by atoms with Crippen molar-refractivity contribution in [3.63, 3.8) is 0 Å². The van der Waals surface area contributed by atoms with Crippen molar-refractivity contribution in [2.24, 2.45) is 17.2 Å². The molecule has 4 unspecified atom stereocenters. The van der Waals surface area contributed by atoms with Gasteiger partial charge in [0.2, 0.25) is 23.6 Å². The molecule has 16 heteroatoms. The summed E-state index contributed by atoms with van der Waals surface area (Å²) >= 11 is 0. The SMILES string of the molecule is NCCCCC(NC(=O)C(CC(=O)O)NC(=O)C(N)CC(=O)O)C(=O)NC(CC(N)=O)C(=O)O. The van der Waals surface area contributed by atoms with Crippen LogP contribution >= 0.6 is 0 Å². The minimum Gasteiger partial charge on any atom is -0.481 e. The first-order chi connectivity index (χ1) is 15.8. The van der Waals surface area contributed by atoms with Crippen LogP contribution in [0.3, 0.4) is 0 Å². The number of carbonyl (C=O) groups is 7.